The maximum Gasteiger partial charge on any atom is 0.278 e. The van der Waals surface area contributed by atoms with E-state index in [9.17, 15) is 22.8 Å². The number of aromatic amines is 1. The van der Waals surface area contributed by atoms with Crippen LogP contribution in [-0.4, -0.2) is 49.2 Å². The fourth-order valence-corrected chi connectivity index (χ4v) is 5.10. The Morgan fingerprint density at radius 3 is 2.53 bits per heavy atom. The highest BCUT2D eigenvalue weighted by Crippen LogP contribution is 2.44. The van der Waals surface area contributed by atoms with E-state index in [1.165, 1.54) is 16.2 Å². The number of amides is 2. The van der Waals surface area contributed by atoms with Gasteiger partial charge in [0.1, 0.15) is 16.9 Å². The molecule has 0 bridgehead atoms. The molecule has 0 spiro atoms. The summed E-state index contributed by atoms with van der Waals surface area (Å²) >= 11 is 0. The molecule has 2 heterocycles. The number of imidazole rings is 1. The summed E-state index contributed by atoms with van der Waals surface area (Å²) in [6, 6.07) is 1.60. The summed E-state index contributed by atoms with van der Waals surface area (Å²) in [4.78, 5) is 33.4. The van der Waals surface area contributed by atoms with Crippen molar-refractivity contribution in [3.05, 3.63) is 40.5 Å². The fourth-order valence-electron chi connectivity index (χ4n) is 4.68. The van der Waals surface area contributed by atoms with E-state index in [4.69, 9.17) is 4.98 Å². The zero-order valence-corrected chi connectivity index (χ0v) is 23.6. The predicted molar refractivity (Wildman–Crippen MR) is 142 cm³/mol. The molecule has 3 aromatic rings. The van der Waals surface area contributed by atoms with Crippen molar-refractivity contribution in [1.29, 1.82) is 0 Å². The van der Waals surface area contributed by atoms with Crippen LogP contribution in [0.3, 0.4) is 0 Å². The van der Waals surface area contributed by atoms with Crippen molar-refractivity contribution in [2.45, 2.75) is 76.0 Å². The zero-order valence-electron chi connectivity index (χ0n) is 21.3. The normalized spacial score (nSPS) is 21.7. The predicted octanol–water partition coefficient (Wildman–Crippen LogP) is 4.28. The van der Waals surface area contributed by atoms with Crippen molar-refractivity contribution in [3.8, 4) is 0 Å². The van der Waals surface area contributed by atoms with Crippen LogP contribution >= 0.6 is 18.5 Å². The number of fused-ring (bicyclic) bond motifs is 1. The van der Waals surface area contributed by atoms with Crippen molar-refractivity contribution in [2.75, 3.05) is 0 Å². The lowest BCUT2D eigenvalue weighted by molar-refractivity contribution is -0.122. The van der Waals surface area contributed by atoms with Gasteiger partial charge in [-0.05, 0) is 74.7 Å². The average Bonchev–Trinajstić information content (AvgIpc) is 3.45. The van der Waals surface area contributed by atoms with Crippen molar-refractivity contribution < 1.29 is 27.4 Å². The van der Waals surface area contributed by atoms with Gasteiger partial charge in [-0.1, -0.05) is 29.7 Å². The summed E-state index contributed by atoms with van der Waals surface area (Å²) in [5.74, 6) is -0.617. The van der Waals surface area contributed by atoms with Crippen molar-refractivity contribution >= 4 is 41.3 Å². The number of hydrogen-bond acceptors (Lipinski definition) is 6. The van der Waals surface area contributed by atoms with E-state index in [1.54, 1.807) is 26.0 Å². The number of rotatable bonds is 8. The Balaban J connectivity index is 1.61. The molecule has 2 aromatic heterocycles. The molecule has 2 amide bonds. The highest BCUT2D eigenvalue weighted by molar-refractivity contribution is 7.18. The lowest BCUT2D eigenvalue weighted by Gasteiger charge is -2.35. The van der Waals surface area contributed by atoms with Gasteiger partial charge in [0, 0.05) is 0 Å². The first kappa shape index (κ1) is 28.4. The van der Waals surface area contributed by atoms with Crippen LogP contribution in [0.25, 0.3) is 11.0 Å². The van der Waals surface area contributed by atoms with Gasteiger partial charge in [-0.2, -0.15) is 0 Å². The van der Waals surface area contributed by atoms with E-state index >= 15 is 0 Å². The lowest BCUT2D eigenvalue weighted by Crippen LogP contribution is -2.42. The SMILES string of the molecule is Cc1nonc1C(=O)N[C@H](c1nc2c(C)c(CC(=O)N[C@@H](C)C(F)(F)P)ccc2[nH]1)C1CCC(F)(P)CC1. The van der Waals surface area contributed by atoms with E-state index in [0.717, 1.165) is 0 Å². The highest BCUT2D eigenvalue weighted by Gasteiger charge is 2.37. The van der Waals surface area contributed by atoms with E-state index in [1.807, 2.05) is 0 Å². The van der Waals surface area contributed by atoms with Crippen LogP contribution in [0.4, 0.5) is 13.2 Å². The van der Waals surface area contributed by atoms with Crippen LogP contribution in [0, 0.1) is 19.8 Å². The second kappa shape index (κ2) is 10.9. The molecule has 4 rings (SSSR count). The summed E-state index contributed by atoms with van der Waals surface area (Å²) in [6.07, 6.45) is 1.61. The van der Waals surface area contributed by atoms with Crippen LogP contribution < -0.4 is 10.6 Å². The van der Waals surface area contributed by atoms with E-state index in [0.29, 0.717) is 59.4 Å². The minimum absolute atomic E-state index is 0.0579. The maximum absolute atomic E-state index is 14.5. The number of nitrogens with zero attached hydrogens (tertiary/aromatic N) is 3. The summed E-state index contributed by atoms with van der Waals surface area (Å²) in [5, 5.41) is 11.3. The number of carbonyl (C=O) groups is 2. The van der Waals surface area contributed by atoms with Gasteiger partial charge in [0.2, 0.25) is 5.91 Å². The first-order chi connectivity index (χ1) is 17.7. The molecule has 14 heteroatoms. The third-order valence-corrected chi connectivity index (χ3v) is 8.20. The van der Waals surface area contributed by atoms with Crippen LogP contribution in [0.5, 0.6) is 0 Å². The Hall–Kier alpha value is -2.58. The minimum atomic E-state index is -3.12. The number of H-pyrrole nitrogens is 1. The third-order valence-electron chi connectivity index (χ3n) is 7.13. The van der Waals surface area contributed by atoms with Gasteiger partial charge in [0.25, 0.3) is 11.6 Å². The topological polar surface area (TPSA) is 126 Å². The van der Waals surface area contributed by atoms with E-state index in [-0.39, 0.29) is 18.0 Å². The smallest absolute Gasteiger partial charge is 0.278 e. The largest absolute Gasteiger partial charge is 0.347 e. The first-order valence-corrected chi connectivity index (χ1v) is 13.4. The Bertz CT molecular complexity index is 1330. The highest BCUT2D eigenvalue weighted by atomic mass is 31.0. The molecule has 0 aliphatic heterocycles. The van der Waals surface area contributed by atoms with Gasteiger partial charge in [-0.3, -0.25) is 9.59 Å². The zero-order chi connectivity index (χ0) is 27.8. The van der Waals surface area contributed by atoms with Gasteiger partial charge >= 0.3 is 0 Å². The number of halogens is 3. The molecule has 9 nitrogen and oxygen atoms in total. The molecule has 4 atom stereocenters. The number of aromatic nitrogens is 4. The van der Waals surface area contributed by atoms with Gasteiger partial charge < -0.3 is 15.6 Å². The van der Waals surface area contributed by atoms with Crippen molar-refractivity contribution in [2.24, 2.45) is 5.92 Å². The quantitative estimate of drug-likeness (QED) is 0.347. The van der Waals surface area contributed by atoms with Crippen LogP contribution in [-0.2, 0) is 11.2 Å². The molecular formula is C24H31F3N6O3P2. The Labute approximate surface area is 222 Å². The Morgan fingerprint density at radius 2 is 1.92 bits per heavy atom. The Kier molecular flexibility index (Phi) is 8.15. The molecule has 1 aliphatic rings. The van der Waals surface area contributed by atoms with Gasteiger partial charge in [0.05, 0.1) is 29.5 Å². The summed E-state index contributed by atoms with van der Waals surface area (Å²) < 4.78 is 46.1. The number of alkyl halides is 3. The number of hydrogen-bond donors (Lipinski definition) is 3. The second-order valence-corrected chi connectivity index (χ2v) is 11.8. The molecular weight excluding hydrogens is 539 g/mol. The molecule has 1 aromatic carbocycles. The molecule has 1 fully saturated rings. The van der Waals surface area contributed by atoms with Gasteiger partial charge in [0.15, 0.2) is 5.69 Å². The summed E-state index contributed by atoms with van der Waals surface area (Å²) in [5.41, 5.74) is -0.0917. The van der Waals surface area contributed by atoms with Crippen LogP contribution in [0.2, 0.25) is 0 Å². The molecule has 3 N–H and O–H groups in total. The fraction of sp³-hybridized carbons (Fsp3) is 0.542. The molecule has 0 radical (unpaired) electrons. The minimum Gasteiger partial charge on any atom is -0.347 e. The second-order valence-electron chi connectivity index (χ2n) is 10.0. The standard InChI is InChI=1S/C24H31F3N6O3P2/c1-11-15(10-17(34)28-13(3)24(26,27)38)4-5-16-18(11)30-21(29-16)20(14-6-8-23(25,37)9-7-14)31-22(35)19-12(2)32-36-33-19/h4-5,13-14,20H,6-10,37-38H2,1-3H3,(H,28,34)(H,29,30)(H,31,35)/t13-,14?,20-,23?/m0/s1. The number of carbonyl (C=O) groups excluding carboxylic acids is 2. The van der Waals surface area contributed by atoms with Gasteiger partial charge in [-0.25, -0.2) is 22.8 Å². The monoisotopic (exact) mass is 570 g/mol. The molecule has 0 saturated heterocycles. The first-order valence-electron chi connectivity index (χ1n) is 12.3. The number of aryl methyl sites for hydroxylation is 2. The van der Waals surface area contributed by atoms with Gasteiger partial charge in [-0.15, -0.1) is 0 Å². The Morgan fingerprint density at radius 1 is 1.24 bits per heavy atom. The average molecular weight is 570 g/mol. The lowest BCUT2D eigenvalue weighted by atomic mass is 9.82. The molecule has 38 heavy (non-hydrogen) atoms. The summed E-state index contributed by atoms with van der Waals surface area (Å²) in [7, 11) is 3.70. The van der Waals surface area contributed by atoms with Crippen molar-refractivity contribution in [3.63, 3.8) is 0 Å². The molecule has 206 valence electrons. The molecule has 2 unspecified atom stereocenters. The van der Waals surface area contributed by atoms with E-state index < -0.39 is 35.0 Å². The molecule has 1 aliphatic carbocycles. The summed E-state index contributed by atoms with van der Waals surface area (Å²) in [6.45, 7) is 4.64. The van der Waals surface area contributed by atoms with Crippen LogP contribution in [0.15, 0.2) is 16.8 Å². The number of benzene rings is 1. The van der Waals surface area contributed by atoms with Crippen molar-refractivity contribution in [1.82, 2.24) is 30.9 Å². The maximum atomic E-state index is 14.5. The molecule has 1 saturated carbocycles. The van der Waals surface area contributed by atoms with E-state index in [2.05, 4.69) is 39.8 Å². The number of nitrogens with one attached hydrogen (secondary N) is 3. The third kappa shape index (κ3) is 6.34. The van der Waals surface area contributed by atoms with Crippen LogP contribution in [0.1, 0.15) is 71.8 Å².